The summed E-state index contributed by atoms with van der Waals surface area (Å²) in [7, 11) is -4.61. The number of rotatable bonds is 41. The Balaban J connectivity index is 4.26. The Hall–Kier alpha value is -1.55. The minimum absolute atomic E-state index is 0.182. The van der Waals surface area contributed by atoms with Crippen molar-refractivity contribution in [2.75, 3.05) is 26.4 Å². The van der Waals surface area contributed by atoms with Crippen LogP contribution < -0.4 is 0 Å². The number of aliphatic hydroxyl groups is 2. The van der Waals surface area contributed by atoms with E-state index in [0.29, 0.717) is 12.8 Å². The van der Waals surface area contributed by atoms with Crippen molar-refractivity contribution in [3.05, 3.63) is 24.3 Å². The Bertz CT molecular complexity index is 957. The highest BCUT2D eigenvalue weighted by Crippen LogP contribution is 2.43. The topological polar surface area (TPSA) is 149 Å². The molecule has 0 amide bonds. The van der Waals surface area contributed by atoms with Crippen LogP contribution >= 0.6 is 7.82 Å². The first-order chi connectivity index (χ1) is 26.2. The lowest BCUT2D eigenvalue weighted by molar-refractivity contribution is -0.161. The molecular weight excluding hydrogens is 707 g/mol. The molecule has 0 aliphatic carbocycles. The molecule has 0 heterocycles. The van der Waals surface area contributed by atoms with E-state index < -0.39 is 51.8 Å². The number of phosphoric acid groups is 1. The summed E-state index contributed by atoms with van der Waals surface area (Å²) in [5, 5.41) is 18.3. The molecule has 0 aromatic carbocycles. The first kappa shape index (κ1) is 52.5. The molecule has 0 aliphatic heterocycles. The fourth-order valence-corrected chi connectivity index (χ4v) is 6.71. The Morgan fingerprint density at radius 1 is 0.537 bits per heavy atom. The summed E-state index contributed by atoms with van der Waals surface area (Å²) < 4.78 is 32.7. The fourth-order valence-electron chi connectivity index (χ4n) is 5.92. The van der Waals surface area contributed by atoms with E-state index >= 15 is 0 Å². The van der Waals surface area contributed by atoms with Crippen LogP contribution in [-0.4, -0.2) is 65.7 Å². The molecule has 54 heavy (non-hydrogen) atoms. The molecule has 3 atom stereocenters. The van der Waals surface area contributed by atoms with Gasteiger partial charge >= 0.3 is 19.8 Å². The molecule has 0 aromatic heterocycles. The Labute approximate surface area is 329 Å². The lowest BCUT2D eigenvalue weighted by atomic mass is 10.1. The molecular formula is C43H81O10P. The average molecular weight is 789 g/mol. The molecule has 0 aliphatic rings. The monoisotopic (exact) mass is 789 g/mol. The third-order valence-corrected chi connectivity index (χ3v) is 10.3. The second-order valence-electron chi connectivity index (χ2n) is 14.7. The van der Waals surface area contributed by atoms with Gasteiger partial charge in [0.05, 0.1) is 19.8 Å². The van der Waals surface area contributed by atoms with E-state index in [2.05, 4.69) is 42.7 Å². The standard InChI is InChI=1S/C43H81O10P/c1-3-5-7-9-11-13-15-17-18-19-20-21-22-23-25-27-29-31-33-35-43(47)53-41(39-52-54(48,49)51-37-40(45)36-44)38-50-42(46)34-32-30-28-26-24-16-14-12-10-8-6-4-2/h12,14,17-18,40-41,44-45H,3-11,13,15-16,19-39H2,1-2H3,(H,48,49)/b14-12-,18-17-. The normalized spacial score (nSPS) is 14.1. The zero-order valence-corrected chi connectivity index (χ0v) is 35.3. The molecule has 3 N–H and O–H groups in total. The van der Waals surface area contributed by atoms with Gasteiger partial charge in [-0.05, 0) is 64.2 Å². The number of hydrogen-bond donors (Lipinski definition) is 3. The number of ether oxygens (including phenoxy) is 2. The van der Waals surface area contributed by atoms with Crippen molar-refractivity contribution in [1.29, 1.82) is 0 Å². The number of carbonyl (C=O) groups excluding carboxylic acids is 2. The Kier molecular flexibility index (Phi) is 38.5. The summed E-state index contributed by atoms with van der Waals surface area (Å²) in [5.74, 6) is -0.933. The maximum absolute atomic E-state index is 12.6. The number of esters is 2. The van der Waals surface area contributed by atoms with E-state index in [0.717, 1.165) is 57.8 Å². The molecule has 0 rings (SSSR count). The summed E-state index contributed by atoms with van der Waals surface area (Å²) in [6, 6.07) is 0. The van der Waals surface area contributed by atoms with Crippen molar-refractivity contribution < 1.29 is 47.8 Å². The van der Waals surface area contributed by atoms with Crippen LogP contribution in [0.4, 0.5) is 0 Å². The van der Waals surface area contributed by atoms with Gasteiger partial charge in [-0.3, -0.25) is 18.6 Å². The van der Waals surface area contributed by atoms with Crippen molar-refractivity contribution in [2.45, 2.75) is 212 Å². The quantitative estimate of drug-likeness (QED) is 0.0236. The number of aliphatic hydroxyl groups excluding tert-OH is 2. The molecule has 0 saturated carbocycles. The molecule has 0 spiro atoms. The van der Waals surface area contributed by atoms with Crippen LogP contribution in [0.15, 0.2) is 24.3 Å². The van der Waals surface area contributed by atoms with Crippen LogP contribution in [0.3, 0.4) is 0 Å². The highest BCUT2D eigenvalue weighted by Gasteiger charge is 2.27. The van der Waals surface area contributed by atoms with E-state index in [1.165, 1.54) is 103 Å². The van der Waals surface area contributed by atoms with Gasteiger partial charge in [-0.2, -0.15) is 0 Å². The lowest BCUT2D eigenvalue weighted by Crippen LogP contribution is -2.29. The SMILES string of the molecule is CCCCC/C=C\CCCCCCCC(=O)OCC(COP(=O)(O)OCC(O)CO)OC(=O)CCCCCCCCCCC/C=C\CCCCCCCC. The molecule has 0 bridgehead atoms. The molecule has 3 unspecified atom stereocenters. The highest BCUT2D eigenvalue weighted by molar-refractivity contribution is 7.47. The van der Waals surface area contributed by atoms with Crippen molar-refractivity contribution in [1.82, 2.24) is 0 Å². The zero-order chi connectivity index (χ0) is 39.8. The van der Waals surface area contributed by atoms with E-state index in [1.54, 1.807) is 0 Å². The van der Waals surface area contributed by atoms with Gasteiger partial charge in [0.25, 0.3) is 0 Å². The molecule has 318 valence electrons. The van der Waals surface area contributed by atoms with E-state index in [4.69, 9.17) is 19.1 Å². The van der Waals surface area contributed by atoms with Crippen LogP contribution in [0.1, 0.15) is 200 Å². The third kappa shape index (κ3) is 38.7. The zero-order valence-electron chi connectivity index (χ0n) is 34.4. The second-order valence-corrected chi connectivity index (χ2v) is 16.2. The molecule has 0 radical (unpaired) electrons. The minimum atomic E-state index is -4.61. The van der Waals surface area contributed by atoms with Crippen molar-refractivity contribution in [3.63, 3.8) is 0 Å². The summed E-state index contributed by atoms with van der Waals surface area (Å²) in [6.45, 7) is 2.35. The van der Waals surface area contributed by atoms with Crippen LogP contribution in [-0.2, 0) is 32.7 Å². The smallest absolute Gasteiger partial charge is 0.462 e. The Morgan fingerprint density at radius 2 is 0.907 bits per heavy atom. The van der Waals surface area contributed by atoms with Gasteiger partial charge in [-0.1, -0.05) is 147 Å². The maximum atomic E-state index is 12.6. The Morgan fingerprint density at radius 3 is 1.37 bits per heavy atom. The van der Waals surface area contributed by atoms with Gasteiger partial charge < -0.3 is 24.6 Å². The van der Waals surface area contributed by atoms with Crippen molar-refractivity contribution in [2.24, 2.45) is 0 Å². The third-order valence-electron chi connectivity index (χ3n) is 9.33. The number of phosphoric ester groups is 1. The number of unbranched alkanes of at least 4 members (excludes halogenated alkanes) is 23. The molecule has 11 heteroatoms. The van der Waals surface area contributed by atoms with Gasteiger partial charge in [0.15, 0.2) is 6.10 Å². The average Bonchev–Trinajstić information content (AvgIpc) is 3.16. The van der Waals surface area contributed by atoms with E-state index in [1.807, 2.05) is 0 Å². The van der Waals surface area contributed by atoms with Crippen molar-refractivity contribution >= 4 is 19.8 Å². The van der Waals surface area contributed by atoms with Crippen LogP contribution in [0.2, 0.25) is 0 Å². The molecule has 0 aromatic rings. The second kappa shape index (κ2) is 39.7. The van der Waals surface area contributed by atoms with Crippen LogP contribution in [0, 0.1) is 0 Å². The van der Waals surface area contributed by atoms with E-state index in [-0.39, 0.29) is 19.4 Å². The summed E-state index contributed by atoms with van der Waals surface area (Å²) in [5.41, 5.74) is 0. The summed E-state index contributed by atoms with van der Waals surface area (Å²) in [4.78, 5) is 34.9. The maximum Gasteiger partial charge on any atom is 0.472 e. The van der Waals surface area contributed by atoms with Gasteiger partial charge in [0, 0.05) is 12.8 Å². The largest absolute Gasteiger partial charge is 0.472 e. The molecule has 0 fully saturated rings. The predicted octanol–water partition coefficient (Wildman–Crippen LogP) is 11.4. The first-order valence-electron chi connectivity index (χ1n) is 21.8. The molecule has 0 saturated heterocycles. The van der Waals surface area contributed by atoms with Crippen LogP contribution in [0.5, 0.6) is 0 Å². The van der Waals surface area contributed by atoms with Crippen LogP contribution in [0.25, 0.3) is 0 Å². The van der Waals surface area contributed by atoms with E-state index in [9.17, 15) is 24.2 Å². The number of allylic oxidation sites excluding steroid dienone is 4. The number of hydrogen-bond acceptors (Lipinski definition) is 9. The van der Waals surface area contributed by atoms with Gasteiger partial charge in [0.1, 0.15) is 12.7 Å². The van der Waals surface area contributed by atoms with Gasteiger partial charge in [0.2, 0.25) is 0 Å². The van der Waals surface area contributed by atoms with Gasteiger partial charge in [-0.25, -0.2) is 4.57 Å². The minimum Gasteiger partial charge on any atom is -0.462 e. The summed E-state index contributed by atoms with van der Waals surface area (Å²) >= 11 is 0. The lowest BCUT2D eigenvalue weighted by Gasteiger charge is -2.20. The first-order valence-corrected chi connectivity index (χ1v) is 23.3. The fraction of sp³-hybridized carbons (Fsp3) is 0.860. The van der Waals surface area contributed by atoms with Crippen molar-refractivity contribution in [3.8, 4) is 0 Å². The highest BCUT2D eigenvalue weighted by atomic mass is 31.2. The number of carbonyl (C=O) groups is 2. The predicted molar refractivity (Wildman–Crippen MR) is 219 cm³/mol. The van der Waals surface area contributed by atoms with Gasteiger partial charge in [-0.15, -0.1) is 0 Å². The summed E-state index contributed by atoms with van der Waals surface area (Å²) in [6.07, 6.45) is 38.6. The molecule has 10 nitrogen and oxygen atoms in total.